The first-order chi connectivity index (χ1) is 15.2. The fraction of sp³-hybridized carbons (Fsp3) is 0.238. The highest BCUT2D eigenvalue weighted by Gasteiger charge is 2.15. The lowest BCUT2D eigenvalue weighted by Gasteiger charge is -2.28. The quantitative estimate of drug-likeness (QED) is 0.515. The third kappa shape index (κ3) is 4.05. The molecule has 0 bridgehead atoms. The Kier molecular flexibility index (Phi) is 4.97. The largest absolute Gasteiger partial charge is 0.354 e. The zero-order valence-corrected chi connectivity index (χ0v) is 17.0. The Balaban J connectivity index is 1.37. The fourth-order valence-corrected chi connectivity index (χ4v) is 3.56. The number of pyridine rings is 1. The Labute approximate surface area is 178 Å². The molecule has 1 fully saturated rings. The second kappa shape index (κ2) is 8.07. The number of nitrogens with one attached hydrogen (secondary N) is 2. The van der Waals surface area contributed by atoms with Gasteiger partial charge >= 0.3 is 0 Å². The average Bonchev–Trinajstić information content (AvgIpc) is 3.25. The summed E-state index contributed by atoms with van der Waals surface area (Å²) in [5, 5.41) is 23.5. The van der Waals surface area contributed by atoms with Gasteiger partial charge in [-0.15, -0.1) is 15.3 Å². The monoisotopic (exact) mass is 415 g/mol. The van der Waals surface area contributed by atoms with Gasteiger partial charge in [0.2, 0.25) is 0 Å². The van der Waals surface area contributed by atoms with Gasteiger partial charge in [-0.05, 0) is 30.3 Å². The van der Waals surface area contributed by atoms with Gasteiger partial charge in [0, 0.05) is 55.9 Å². The molecule has 10 nitrogen and oxygen atoms in total. The van der Waals surface area contributed by atoms with Crippen molar-refractivity contribution in [3.8, 4) is 11.3 Å². The van der Waals surface area contributed by atoms with Crippen LogP contribution < -0.4 is 15.5 Å². The SMILES string of the molecule is Cn1cc(-c2ccc3nnc(NC(=O)c4ccnc(N5CCNCC5)c4)cc3c2)nn1. The van der Waals surface area contributed by atoms with Crippen molar-refractivity contribution in [2.45, 2.75) is 0 Å². The topological polar surface area (TPSA) is 114 Å². The molecule has 0 saturated carbocycles. The van der Waals surface area contributed by atoms with E-state index in [1.807, 2.05) is 31.4 Å². The van der Waals surface area contributed by atoms with Gasteiger partial charge in [-0.2, -0.15) is 0 Å². The van der Waals surface area contributed by atoms with Crippen molar-refractivity contribution < 1.29 is 4.79 Å². The summed E-state index contributed by atoms with van der Waals surface area (Å²) in [6.07, 6.45) is 3.50. The van der Waals surface area contributed by atoms with Crippen molar-refractivity contribution >= 4 is 28.4 Å². The van der Waals surface area contributed by atoms with Crippen LogP contribution >= 0.6 is 0 Å². The van der Waals surface area contributed by atoms with Gasteiger partial charge in [0.05, 0.1) is 11.7 Å². The second-order valence-corrected chi connectivity index (χ2v) is 7.37. The zero-order chi connectivity index (χ0) is 21.2. The van der Waals surface area contributed by atoms with Crippen LogP contribution in [0.15, 0.2) is 48.8 Å². The molecule has 1 saturated heterocycles. The first kappa shape index (κ1) is 19.1. The van der Waals surface area contributed by atoms with Gasteiger partial charge in [0.15, 0.2) is 5.82 Å². The number of rotatable bonds is 4. The molecule has 0 aliphatic carbocycles. The molecule has 10 heteroatoms. The molecule has 2 N–H and O–H groups in total. The van der Waals surface area contributed by atoms with Crippen molar-refractivity contribution in [3.63, 3.8) is 0 Å². The number of amides is 1. The van der Waals surface area contributed by atoms with Crippen LogP contribution in [-0.2, 0) is 7.05 Å². The number of nitrogens with zero attached hydrogens (tertiary/aromatic N) is 7. The number of aromatic nitrogens is 6. The maximum absolute atomic E-state index is 12.8. The normalized spacial score (nSPS) is 14.0. The molecule has 0 radical (unpaired) electrons. The molecule has 31 heavy (non-hydrogen) atoms. The molecular formula is C21H21N9O. The Morgan fingerprint density at radius 3 is 2.74 bits per heavy atom. The van der Waals surface area contributed by atoms with Gasteiger partial charge in [-0.1, -0.05) is 11.3 Å². The van der Waals surface area contributed by atoms with Crippen molar-refractivity contribution in [3.05, 3.63) is 54.4 Å². The summed E-state index contributed by atoms with van der Waals surface area (Å²) in [6.45, 7) is 3.54. The minimum Gasteiger partial charge on any atom is -0.354 e. The Bertz CT molecular complexity index is 1250. The summed E-state index contributed by atoms with van der Waals surface area (Å²) in [5.74, 6) is 0.930. The fourth-order valence-electron chi connectivity index (χ4n) is 3.56. The Morgan fingerprint density at radius 1 is 1.06 bits per heavy atom. The molecule has 5 rings (SSSR count). The predicted molar refractivity (Wildman–Crippen MR) is 117 cm³/mol. The molecule has 0 atom stereocenters. The van der Waals surface area contributed by atoms with E-state index in [9.17, 15) is 4.79 Å². The molecule has 1 amide bonds. The van der Waals surface area contributed by atoms with Gasteiger partial charge in [-0.3, -0.25) is 9.48 Å². The van der Waals surface area contributed by atoms with Crippen LogP contribution in [0.2, 0.25) is 0 Å². The minimum absolute atomic E-state index is 0.252. The lowest BCUT2D eigenvalue weighted by molar-refractivity contribution is 0.102. The van der Waals surface area contributed by atoms with Crippen molar-refractivity contribution in [1.29, 1.82) is 0 Å². The molecule has 1 aromatic carbocycles. The van der Waals surface area contributed by atoms with E-state index in [1.165, 1.54) is 0 Å². The van der Waals surface area contributed by atoms with Gasteiger partial charge in [0.25, 0.3) is 5.91 Å². The molecule has 3 aromatic heterocycles. The summed E-state index contributed by atoms with van der Waals surface area (Å²) in [5.41, 5.74) is 2.94. The smallest absolute Gasteiger partial charge is 0.257 e. The molecule has 1 aliphatic heterocycles. The number of carbonyl (C=O) groups excluding carboxylic acids is 1. The van der Waals surface area contributed by atoms with Crippen molar-refractivity contribution in [2.24, 2.45) is 7.05 Å². The lowest BCUT2D eigenvalue weighted by Crippen LogP contribution is -2.43. The van der Waals surface area contributed by atoms with Crippen LogP contribution in [-0.4, -0.2) is 62.3 Å². The summed E-state index contributed by atoms with van der Waals surface area (Å²) in [7, 11) is 1.82. The predicted octanol–water partition coefficient (Wildman–Crippen LogP) is 1.48. The third-order valence-corrected chi connectivity index (χ3v) is 5.17. The average molecular weight is 415 g/mol. The standard InChI is InChI=1S/C21H21N9O/c1-29-13-18(26-28-29)14-2-3-17-16(10-14)11-19(27-25-17)24-21(31)15-4-5-23-20(12-15)30-8-6-22-7-9-30/h2-5,10-13,22H,6-9H2,1H3,(H,24,27,31). The molecule has 4 aromatic rings. The van der Waals surface area contributed by atoms with Gasteiger partial charge < -0.3 is 15.5 Å². The third-order valence-electron chi connectivity index (χ3n) is 5.17. The lowest BCUT2D eigenvalue weighted by atomic mass is 10.1. The van der Waals surface area contributed by atoms with Crippen LogP contribution in [0.1, 0.15) is 10.4 Å². The van der Waals surface area contributed by atoms with E-state index in [0.717, 1.165) is 54.2 Å². The molecule has 0 spiro atoms. The zero-order valence-electron chi connectivity index (χ0n) is 17.0. The van der Waals surface area contributed by atoms with Gasteiger partial charge in [-0.25, -0.2) is 4.98 Å². The van der Waals surface area contributed by atoms with E-state index in [0.29, 0.717) is 11.4 Å². The minimum atomic E-state index is -0.252. The van der Waals surface area contributed by atoms with Crippen LogP contribution in [0, 0.1) is 0 Å². The summed E-state index contributed by atoms with van der Waals surface area (Å²) in [4.78, 5) is 19.4. The van der Waals surface area contributed by atoms with Crippen LogP contribution in [0.25, 0.3) is 22.2 Å². The van der Waals surface area contributed by atoms with Crippen LogP contribution in [0.5, 0.6) is 0 Å². The highest BCUT2D eigenvalue weighted by Crippen LogP contribution is 2.23. The maximum atomic E-state index is 12.8. The van der Waals surface area contributed by atoms with Crippen LogP contribution in [0.4, 0.5) is 11.6 Å². The number of benzene rings is 1. The number of fused-ring (bicyclic) bond motifs is 1. The first-order valence-electron chi connectivity index (χ1n) is 10.0. The Morgan fingerprint density at radius 2 is 1.94 bits per heavy atom. The first-order valence-corrected chi connectivity index (χ1v) is 10.0. The Hall–Kier alpha value is -3.92. The summed E-state index contributed by atoms with van der Waals surface area (Å²) < 4.78 is 1.65. The second-order valence-electron chi connectivity index (χ2n) is 7.37. The highest BCUT2D eigenvalue weighted by atomic mass is 16.1. The number of aryl methyl sites for hydroxylation is 1. The number of anilines is 2. The summed E-state index contributed by atoms with van der Waals surface area (Å²) >= 11 is 0. The van der Waals surface area contributed by atoms with E-state index in [4.69, 9.17) is 0 Å². The summed E-state index contributed by atoms with van der Waals surface area (Å²) in [6, 6.07) is 11.1. The maximum Gasteiger partial charge on any atom is 0.257 e. The van der Waals surface area contributed by atoms with Gasteiger partial charge in [0.1, 0.15) is 11.5 Å². The van der Waals surface area contributed by atoms with Crippen LogP contribution in [0.3, 0.4) is 0 Å². The molecule has 1 aliphatic rings. The molecule has 0 unspecified atom stereocenters. The number of hydrogen-bond donors (Lipinski definition) is 2. The van der Waals surface area contributed by atoms with Crippen molar-refractivity contribution in [1.82, 2.24) is 35.5 Å². The number of piperazine rings is 1. The molecule has 4 heterocycles. The van der Waals surface area contributed by atoms with E-state index in [1.54, 1.807) is 29.1 Å². The number of hydrogen-bond acceptors (Lipinski definition) is 8. The molecule has 156 valence electrons. The van der Waals surface area contributed by atoms with E-state index >= 15 is 0 Å². The van der Waals surface area contributed by atoms with E-state index < -0.39 is 0 Å². The van der Waals surface area contributed by atoms with E-state index in [-0.39, 0.29) is 5.91 Å². The molecular weight excluding hydrogens is 394 g/mol. The highest BCUT2D eigenvalue weighted by molar-refractivity contribution is 6.04. The van der Waals surface area contributed by atoms with E-state index in [2.05, 4.69) is 41.0 Å². The van der Waals surface area contributed by atoms with Crippen molar-refractivity contribution in [2.75, 3.05) is 36.4 Å². The number of carbonyl (C=O) groups is 1.